The molecule has 1 N–H and O–H groups in total. The smallest absolute Gasteiger partial charge is 0.322 e. The summed E-state index contributed by atoms with van der Waals surface area (Å²) in [5.41, 5.74) is 5.40. The Kier molecular flexibility index (Phi) is 5.84. The van der Waals surface area contributed by atoms with E-state index in [2.05, 4.69) is 78.1 Å². The molecule has 3 nitrogen and oxygen atoms in total. The van der Waals surface area contributed by atoms with Crippen molar-refractivity contribution in [2.75, 3.05) is 7.11 Å². The SMILES string of the molecule is COC(=O)[C@H](CC1CCCCC1)NC1(c2ccccc2)c2ccccc2-c2ccccc21. The molecule has 0 amide bonds. The largest absolute Gasteiger partial charge is 0.468 e. The van der Waals surface area contributed by atoms with Gasteiger partial charge in [0.2, 0.25) is 0 Å². The number of nitrogens with one attached hydrogen (secondary N) is 1. The highest BCUT2D eigenvalue weighted by Gasteiger charge is 2.47. The van der Waals surface area contributed by atoms with E-state index in [0.29, 0.717) is 5.92 Å². The second-order valence-corrected chi connectivity index (χ2v) is 9.17. The molecular weight excluding hydrogens is 394 g/mol. The van der Waals surface area contributed by atoms with Crippen LogP contribution in [0.2, 0.25) is 0 Å². The fourth-order valence-electron chi connectivity index (χ4n) is 5.85. The topological polar surface area (TPSA) is 38.3 Å². The lowest BCUT2D eigenvalue weighted by molar-refractivity contribution is -0.144. The quantitative estimate of drug-likeness (QED) is 0.488. The highest BCUT2D eigenvalue weighted by atomic mass is 16.5. The van der Waals surface area contributed by atoms with Crippen LogP contribution >= 0.6 is 0 Å². The minimum atomic E-state index is -0.595. The van der Waals surface area contributed by atoms with Gasteiger partial charge in [-0.2, -0.15) is 0 Å². The van der Waals surface area contributed by atoms with Crippen molar-refractivity contribution in [2.45, 2.75) is 50.1 Å². The number of hydrogen-bond donors (Lipinski definition) is 1. The van der Waals surface area contributed by atoms with Crippen molar-refractivity contribution in [2.24, 2.45) is 5.92 Å². The molecule has 1 saturated carbocycles. The van der Waals surface area contributed by atoms with Crippen LogP contribution in [0.3, 0.4) is 0 Å². The van der Waals surface area contributed by atoms with Gasteiger partial charge in [0.15, 0.2) is 0 Å². The Morgan fingerprint density at radius 2 is 1.44 bits per heavy atom. The molecule has 3 aromatic carbocycles. The third-order valence-electron chi connectivity index (χ3n) is 7.33. The number of rotatable bonds is 6. The minimum Gasteiger partial charge on any atom is -0.468 e. The van der Waals surface area contributed by atoms with E-state index in [0.717, 1.165) is 12.0 Å². The van der Waals surface area contributed by atoms with Gasteiger partial charge in [-0.3, -0.25) is 10.1 Å². The fraction of sp³-hybridized carbons (Fsp3) is 0.345. The summed E-state index contributed by atoms with van der Waals surface area (Å²) < 4.78 is 5.32. The molecular formula is C29H31NO2. The van der Waals surface area contributed by atoms with Crippen molar-refractivity contribution < 1.29 is 9.53 Å². The zero-order chi connectivity index (χ0) is 22.0. The van der Waals surface area contributed by atoms with Gasteiger partial charge in [0.25, 0.3) is 0 Å². The van der Waals surface area contributed by atoms with Crippen LogP contribution in [0.25, 0.3) is 11.1 Å². The number of benzene rings is 3. The van der Waals surface area contributed by atoms with Gasteiger partial charge in [-0.1, -0.05) is 111 Å². The lowest BCUT2D eigenvalue weighted by Crippen LogP contribution is -2.52. The molecule has 0 unspecified atom stereocenters. The summed E-state index contributed by atoms with van der Waals surface area (Å²) in [4.78, 5) is 13.1. The Bertz CT molecular complexity index is 1040. The van der Waals surface area contributed by atoms with E-state index in [9.17, 15) is 4.79 Å². The molecule has 0 saturated heterocycles. The van der Waals surface area contributed by atoms with E-state index in [1.54, 1.807) is 0 Å². The maximum atomic E-state index is 13.1. The van der Waals surface area contributed by atoms with Crippen LogP contribution < -0.4 is 5.32 Å². The fourth-order valence-corrected chi connectivity index (χ4v) is 5.85. The molecule has 0 heterocycles. The Morgan fingerprint density at radius 1 is 0.875 bits per heavy atom. The Morgan fingerprint density at radius 3 is 2.03 bits per heavy atom. The molecule has 164 valence electrons. The molecule has 0 aromatic heterocycles. The van der Waals surface area contributed by atoms with Crippen molar-refractivity contribution >= 4 is 5.97 Å². The minimum absolute atomic E-state index is 0.173. The van der Waals surface area contributed by atoms with Gasteiger partial charge in [0, 0.05) is 0 Å². The standard InChI is InChI=1S/C29H31NO2/c1-32-28(31)27(20-21-12-4-2-5-13-21)30-29(22-14-6-3-7-15-22)25-18-10-8-16-23(25)24-17-9-11-19-26(24)29/h3,6-11,14-19,21,27,30H,2,4-5,12-13,20H2,1H3/t27-/m0/s1. The molecule has 0 aliphatic heterocycles. The first kappa shape index (κ1) is 21.0. The van der Waals surface area contributed by atoms with Crippen LogP contribution in [0.1, 0.15) is 55.2 Å². The Hall–Kier alpha value is -2.91. The Balaban J connectivity index is 1.66. The summed E-state index contributed by atoms with van der Waals surface area (Å²) in [5, 5.41) is 3.88. The maximum Gasteiger partial charge on any atom is 0.322 e. The van der Waals surface area contributed by atoms with E-state index < -0.39 is 5.54 Å². The molecule has 1 atom stereocenters. The molecule has 0 radical (unpaired) electrons. The zero-order valence-corrected chi connectivity index (χ0v) is 18.7. The van der Waals surface area contributed by atoms with Gasteiger partial charge >= 0.3 is 5.97 Å². The van der Waals surface area contributed by atoms with Gasteiger partial charge in [-0.25, -0.2) is 0 Å². The van der Waals surface area contributed by atoms with Crippen molar-refractivity contribution in [3.05, 3.63) is 95.6 Å². The summed E-state index contributed by atoms with van der Waals surface area (Å²) >= 11 is 0. The molecule has 32 heavy (non-hydrogen) atoms. The van der Waals surface area contributed by atoms with Crippen LogP contribution in [0.15, 0.2) is 78.9 Å². The van der Waals surface area contributed by atoms with E-state index in [1.165, 1.54) is 61.5 Å². The first-order chi connectivity index (χ1) is 15.7. The predicted octanol–water partition coefficient (Wildman–Crippen LogP) is 6.06. The van der Waals surface area contributed by atoms with Gasteiger partial charge in [-0.15, -0.1) is 0 Å². The van der Waals surface area contributed by atoms with E-state index in [-0.39, 0.29) is 12.0 Å². The normalized spacial score (nSPS) is 17.9. The van der Waals surface area contributed by atoms with E-state index in [1.807, 2.05) is 6.07 Å². The van der Waals surface area contributed by atoms with E-state index in [4.69, 9.17) is 4.74 Å². The number of ether oxygens (including phenoxy) is 1. The van der Waals surface area contributed by atoms with Crippen LogP contribution in [0, 0.1) is 5.92 Å². The highest BCUT2D eigenvalue weighted by Crippen LogP contribution is 2.51. The van der Waals surface area contributed by atoms with Crippen LogP contribution in [0.4, 0.5) is 0 Å². The molecule has 1 fully saturated rings. The number of methoxy groups -OCH3 is 1. The second-order valence-electron chi connectivity index (χ2n) is 9.17. The lowest BCUT2D eigenvalue weighted by atomic mass is 9.78. The monoisotopic (exact) mass is 425 g/mol. The lowest BCUT2D eigenvalue weighted by Gasteiger charge is -2.38. The summed E-state index contributed by atoms with van der Waals surface area (Å²) in [6, 6.07) is 27.3. The maximum absolute atomic E-state index is 13.1. The van der Waals surface area contributed by atoms with Gasteiger partial charge < -0.3 is 4.74 Å². The van der Waals surface area contributed by atoms with Crippen LogP contribution in [0.5, 0.6) is 0 Å². The summed E-state index contributed by atoms with van der Waals surface area (Å²) in [5.74, 6) is 0.382. The average molecular weight is 426 g/mol. The molecule has 0 bridgehead atoms. The number of carbonyl (C=O) groups is 1. The van der Waals surface area contributed by atoms with Gasteiger partial charge in [0.05, 0.1) is 12.6 Å². The second kappa shape index (κ2) is 8.91. The molecule has 3 heteroatoms. The molecule has 5 rings (SSSR count). The Labute approximate surface area is 190 Å². The van der Waals surface area contributed by atoms with Crippen molar-refractivity contribution in [1.82, 2.24) is 5.32 Å². The average Bonchev–Trinajstić information content (AvgIpc) is 3.15. The third-order valence-corrected chi connectivity index (χ3v) is 7.33. The number of hydrogen-bond acceptors (Lipinski definition) is 3. The molecule has 2 aliphatic rings. The third kappa shape index (κ3) is 3.55. The van der Waals surface area contributed by atoms with Crippen molar-refractivity contribution in [3.8, 4) is 11.1 Å². The van der Waals surface area contributed by atoms with Crippen LogP contribution in [-0.4, -0.2) is 19.1 Å². The van der Waals surface area contributed by atoms with Crippen molar-refractivity contribution in [3.63, 3.8) is 0 Å². The number of fused-ring (bicyclic) bond motifs is 3. The molecule has 3 aromatic rings. The number of esters is 1. The summed E-state index contributed by atoms with van der Waals surface area (Å²) in [6.07, 6.45) is 7.02. The first-order valence-electron chi connectivity index (χ1n) is 11.8. The predicted molar refractivity (Wildman–Crippen MR) is 128 cm³/mol. The van der Waals surface area contributed by atoms with Crippen LogP contribution in [-0.2, 0) is 15.1 Å². The van der Waals surface area contributed by atoms with Gasteiger partial charge in [0.1, 0.15) is 6.04 Å². The molecule has 2 aliphatic carbocycles. The first-order valence-corrected chi connectivity index (χ1v) is 11.8. The zero-order valence-electron chi connectivity index (χ0n) is 18.7. The highest BCUT2D eigenvalue weighted by molar-refractivity contribution is 5.84. The van der Waals surface area contributed by atoms with Gasteiger partial charge in [-0.05, 0) is 40.2 Å². The van der Waals surface area contributed by atoms with Crippen molar-refractivity contribution in [1.29, 1.82) is 0 Å². The summed E-state index contributed by atoms with van der Waals surface area (Å²) in [7, 11) is 1.50. The summed E-state index contributed by atoms with van der Waals surface area (Å²) in [6.45, 7) is 0. The van der Waals surface area contributed by atoms with E-state index >= 15 is 0 Å². The number of carbonyl (C=O) groups excluding carboxylic acids is 1. The molecule has 0 spiro atoms.